The lowest BCUT2D eigenvalue weighted by Crippen LogP contribution is -2.33. The summed E-state index contributed by atoms with van der Waals surface area (Å²) in [6.45, 7) is 2.05. The Kier molecular flexibility index (Phi) is 4.25. The predicted molar refractivity (Wildman–Crippen MR) is 79.0 cm³/mol. The molecule has 20 heavy (non-hydrogen) atoms. The van der Waals surface area contributed by atoms with Crippen molar-refractivity contribution in [3.63, 3.8) is 0 Å². The van der Waals surface area contributed by atoms with E-state index in [-0.39, 0.29) is 17.2 Å². The summed E-state index contributed by atoms with van der Waals surface area (Å²) in [5.41, 5.74) is 1.37. The molecule has 2 rings (SSSR count). The monoisotopic (exact) mass is 290 g/mol. The smallest absolute Gasteiger partial charge is 0.261 e. The first-order valence-corrected chi connectivity index (χ1v) is 6.48. The number of benzene rings is 1. The predicted octanol–water partition coefficient (Wildman–Crippen LogP) is 3.08. The standard InChI is InChI=1S/C15H15ClN2O2/c1-10(16)14-13(17)7-8-18(15(14)19)9-11-3-5-12(20-2)6-4-11/h3-8,17H,9H2,1-2H3/b14-10-,17-13?. The molecule has 104 valence electrons. The Bertz CT molecular complexity index is 599. The average Bonchev–Trinajstić information content (AvgIpc) is 2.42. The molecule has 5 heteroatoms. The summed E-state index contributed by atoms with van der Waals surface area (Å²) in [6.07, 6.45) is 3.18. The Balaban J connectivity index is 2.21. The molecule has 0 saturated heterocycles. The molecule has 1 heterocycles. The van der Waals surface area contributed by atoms with E-state index in [1.165, 1.54) is 0 Å². The van der Waals surface area contributed by atoms with Crippen LogP contribution in [0, 0.1) is 5.41 Å². The van der Waals surface area contributed by atoms with E-state index in [1.807, 2.05) is 24.3 Å². The fourth-order valence-corrected chi connectivity index (χ4v) is 2.14. The fourth-order valence-electron chi connectivity index (χ4n) is 1.96. The van der Waals surface area contributed by atoms with E-state index in [4.69, 9.17) is 21.7 Å². The van der Waals surface area contributed by atoms with Gasteiger partial charge in [0.05, 0.1) is 24.9 Å². The minimum Gasteiger partial charge on any atom is -0.497 e. The number of amides is 1. The molecule has 0 spiro atoms. The maximum Gasteiger partial charge on any atom is 0.261 e. The van der Waals surface area contributed by atoms with Gasteiger partial charge in [0.25, 0.3) is 5.91 Å². The third-order valence-electron chi connectivity index (χ3n) is 3.02. The van der Waals surface area contributed by atoms with E-state index in [1.54, 1.807) is 31.2 Å². The zero-order valence-corrected chi connectivity index (χ0v) is 12.1. The van der Waals surface area contributed by atoms with Gasteiger partial charge >= 0.3 is 0 Å². The summed E-state index contributed by atoms with van der Waals surface area (Å²) in [4.78, 5) is 13.8. The Labute approximate surface area is 122 Å². The number of halogens is 1. The molecule has 1 aliphatic heterocycles. The summed E-state index contributed by atoms with van der Waals surface area (Å²) in [7, 11) is 1.61. The normalized spacial score (nSPS) is 17.4. The van der Waals surface area contributed by atoms with Gasteiger partial charge < -0.3 is 9.64 Å². The van der Waals surface area contributed by atoms with Crippen LogP contribution in [0.5, 0.6) is 5.75 Å². The number of ether oxygens (including phenoxy) is 1. The van der Waals surface area contributed by atoms with E-state index >= 15 is 0 Å². The lowest BCUT2D eigenvalue weighted by atomic mass is 10.1. The van der Waals surface area contributed by atoms with E-state index in [2.05, 4.69) is 0 Å². The van der Waals surface area contributed by atoms with E-state index in [0.717, 1.165) is 11.3 Å². The number of carbonyl (C=O) groups excluding carboxylic acids is 1. The van der Waals surface area contributed by atoms with Gasteiger partial charge in [-0.3, -0.25) is 10.2 Å². The summed E-state index contributed by atoms with van der Waals surface area (Å²) in [5, 5.41) is 8.07. The van der Waals surface area contributed by atoms with Gasteiger partial charge in [-0.25, -0.2) is 0 Å². The fraction of sp³-hybridized carbons (Fsp3) is 0.200. The van der Waals surface area contributed by atoms with Crippen LogP contribution >= 0.6 is 11.6 Å². The molecule has 0 aliphatic carbocycles. The third-order valence-corrected chi connectivity index (χ3v) is 3.21. The molecule has 0 saturated carbocycles. The quantitative estimate of drug-likeness (QED) is 0.870. The molecule has 0 aromatic heterocycles. The minimum absolute atomic E-state index is 0.147. The maximum absolute atomic E-state index is 12.3. The Hall–Kier alpha value is -2.07. The van der Waals surface area contributed by atoms with Gasteiger partial charge in [0.2, 0.25) is 0 Å². The Morgan fingerprint density at radius 2 is 2.00 bits per heavy atom. The highest BCUT2D eigenvalue weighted by Gasteiger charge is 2.25. The number of methoxy groups -OCH3 is 1. The first-order chi connectivity index (χ1) is 9.52. The van der Waals surface area contributed by atoms with Gasteiger partial charge in [-0.2, -0.15) is 0 Å². The van der Waals surface area contributed by atoms with Crippen molar-refractivity contribution in [1.29, 1.82) is 5.41 Å². The second kappa shape index (κ2) is 5.92. The van der Waals surface area contributed by atoms with Gasteiger partial charge in [0.1, 0.15) is 5.75 Å². The third kappa shape index (κ3) is 2.91. The Morgan fingerprint density at radius 3 is 2.55 bits per heavy atom. The number of hydrogen-bond donors (Lipinski definition) is 1. The summed E-state index contributed by atoms with van der Waals surface area (Å²) in [5.74, 6) is 0.522. The van der Waals surface area contributed by atoms with Gasteiger partial charge in [0.15, 0.2) is 0 Å². The van der Waals surface area contributed by atoms with Gasteiger partial charge in [-0.1, -0.05) is 23.7 Å². The van der Waals surface area contributed by atoms with Crippen molar-refractivity contribution in [2.45, 2.75) is 13.5 Å². The lowest BCUT2D eigenvalue weighted by molar-refractivity contribution is -0.124. The molecular formula is C15H15ClN2O2. The molecule has 1 aromatic carbocycles. The van der Waals surface area contributed by atoms with E-state index in [0.29, 0.717) is 11.6 Å². The average molecular weight is 291 g/mol. The van der Waals surface area contributed by atoms with Gasteiger partial charge in [-0.05, 0) is 30.7 Å². The highest BCUT2D eigenvalue weighted by atomic mass is 35.5. The molecular weight excluding hydrogens is 276 g/mol. The van der Waals surface area contributed by atoms with Crippen molar-refractivity contribution in [1.82, 2.24) is 4.90 Å². The first-order valence-electron chi connectivity index (χ1n) is 6.10. The number of nitrogens with zero attached hydrogens (tertiary/aromatic N) is 1. The zero-order valence-electron chi connectivity index (χ0n) is 11.3. The molecule has 0 fully saturated rings. The zero-order chi connectivity index (χ0) is 14.7. The second-order valence-electron chi connectivity index (χ2n) is 4.42. The molecule has 1 amide bonds. The van der Waals surface area contributed by atoms with Crippen molar-refractivity contribution in [3.8, 4) is 5.75 Å². The van der Waals surface area contributed by atoms with Gasteiger partial charge in [0, 0.05) is 11.2 Å². The van der Waals surface area contributed by atoms with Crippen molar-refractivity contribution in [2.75, 3.05) is 7.11 Å². The van der Waals surface area contributed by atoms with Crippen LogP contribution in [0.2, 0.25) is 0 Å². The number of carbonyl (C=O) groups is 1. The highest BCUT2D eigenvalue weighted by Crippen LogP contribution is 2.21. The summed E-state index contributed by atoms with van der Waals surface area (Å²) in [6, 6.07) is 7.49. The molecule has 0 atom stereocenters. The van der Waals surface area contributed by atoms with Crippen LogP contribution in [0.15, 0.2) is 47.1 Å². The van der Waals surface area contributed by atoms with Crippen LogP contribution in [0.3, 0.4) is 0 Å². The lowest BCUT2D eigenvalue weighted by Gasteiger charge is -2.24. The largest absolute Gasteiger partial charge is 0.497 e. The van der Waals surface area contributed by atoms with Crippen molar-refractivity contribution in [2.24, 2.45) is 0 Å². The molecule has 0 unspecified atom stereocenters. The van der Waals surface area contributed by atoms with E-state index < -0.39 is 0 Å². The number of hydrogen-bond acceptors (Lipinski definition) is 3. The maximum atomic E-state index is 12.3. The molecule has 0 radical (unpaired) electrons. The molecule has 1 aliphatic rings. The SMILES string of the molecule is COc1ccc(CN2C=CC(=N)/C(=C(\C)Cl)C2=O)cc1. The van der Waals surface area contributed by atoms with Crippen molar-refractivity contribution < 1.29 is 9.53 Å². The summed E-state index contributed by atoms with van der Waals surface area (Å²) >= 11 is 5.90. The Morgan fingerprint density at radius 1 is 1.35 bits per heavy atom. The number of allylic oxidation sites excluding steroid dienone is 2. The van der Waals surface area contributed by atoms with Crippen molar-refractivity contribution in [3.05, 3.63) is 52.7 Å². The second-order valence-corrected chi connectivity index (χ2v) is 4.99. The first kappa shape index (κ1) is 14.3. The van der Waals surface area contributed by atoms with Crippen LogP contribution in [-0.4, -0.2) is 23.6 Å². The molecule has 1 aromatic rings. The molecule has 1 N–H and O–H groups in total. The van der Waals surface area contributed by atoms with Gasteiger partial charge in [-0.15, -0.1) is 0 Å². The number of rotatable bonds is 3. The topological polar surface area (TPSA) is 53.4 Å². The van der Waals surface area contributed by atoms with Crippen molar-refractivity contribution >= 4 is 23.2 Å². The van der Waals surface area contributed by atoms with Crippen LogP contribution < -0.4 is 4.74 Å². The summed E-state index contributed by atoms with van der Waals surface area (Å²) < 4.78 is 5.10. The number of nitrogens with one attached hydrogen (secondary N) is 1. The van der Waals surface area contributed by atoms with Crippen LogP contribution in [-0.2, 0) is 11.3 Å². The molecule has 0 bridgehead atoms. The van der Waals surface area contributed by atoms with Crippen LogP contribution in [0.25, 0.3) is 0 Å². The van der Waals surface area contributed by atoms with Crippen LogP contribution in [0.4, 0.5) is 0 Å². The molecule has 4 nitrogen and oxygen atoms in total. The van der Waals surface area contributed by atoms with E-state index in [9.17, 15) is 4.79 Å². The minimum atomic E-state index is -0.249. The highest BCUT2D eigenvalue weighted by molar-refractivity contribution is 6.38. The van der Waals surface area contributed by atoms with Crippen LogP contribution in [0.1, 0.15) is 12.5 Å².